The predicted molar refractivity (Wildman–Crippen MR) is 93.9 cm³/mol. The Kier molecular flexibility index (Phi) is 4.99. The van der Waals surface area contributed by atoms with E-state index in [-0.39, 0.29) is 17.4 Å². The van der Waals surface area contributed by atoms with E-state index in [1.54, 1.807) is 35.2 Å². The minimum absolute atomic E-state index is 0.0149. The van der Waals surface area contributed by atoms with Gasteiger partial charge in [-0.3, -0.25) is 4.79 Å². The first kappa shape index (κ1) is 17.7. The minimum Gasteiger partial charge on any atom is -0.483 e. The Morgan fingerprint density at radius 3 is 2.56 bits per heavy atom. The second kappa shape index (κ2) is 7.03. The van der Waals surface area contributed by atoms with E-state index >= 15 is 0 Å². The van der Waals surface area contributed by atoms with Crippen LogP contribution >= 0.6 is 11.6 Å². The average Bonchev–Trinajstić information content (AvgIpc) is 2.71. The van der Waals surface area contributed by atoms with Crippen molar-refractivity contribution in [3.63, 3.8) is 0 Å². The van der Waals surface area contributed by atoms with Crippen LogP contribution in [0.15, 0.2) is 47.4 Å². The molecule has 1 aliphatic heterocycles. The van der Waals surface area contributed by atoms with E-state index in [1.165, 1.54) is 12.1 Å². The third-order valence-corrected chi connectivity index (χ3v) is 5.17. The van der Waals surface area contributed by atoms with Crippen molar-refractivity contribution in [1.82, 2.24) is 4.90 Å². The Bertz CT molecular complexity index is 897. The van der Waals surface area contributed by atoms with Crippen molar-refractivity contribution in [2.75, 3.05) is 13.2 Å². The first-order valence-electron chi connectivity index (χ1n) is 7.64. The van der Waals surface area contributed by atoms with Crippen LogP contribution in [-0.4, -0.2) is 32.4 Å². The molecule has 0 atom stereocenters. The number of rotatable bonds is 4. The van der Waals surface area contributed by atoms with E-state index < -0.39 is 10.0 Å². The zero-order valence-corrected chi connectivity index (χ0v) is 14.9. The fraction of sp³-hybridized carbons (Fsp3) is 0.235. The molecule has 0 fully saturated rings. The van der Waals surface area contributed by atoms with E-state index in [9.17, 15) is 13.2 Å². The number of carbonyl (C=O) groups excluding carboxylic acids is 1. The Morgan fingerprint density at radius 2 is 1.88 bits per heavy atom. The molecule has 2 N–H and O–H groups in total. The molecule has 1 heterocycles. The monoisotopic (exact) mass is 380 g/mol. The highest BCUT2D eigenvalue weighted by atomic mass is 35.5. The summed E-state index contributed by atoms with van der Waals surface area (Å²) in [6, 6.07) is 11.6. The molecule has 1 amide bonds. The number of fused-ring (bicyclic) bond motifs is 1. The van der Waals surface area contributed by atoms with Gasteiger partial charge in [0.25, 0.3) is 5.91 Å². The third-order valence-electron chi connectivity index (χ3n) is 4.01. The quantitative estimate of drug-likeness (QED) is 0.877. The molecule has 0 spiro atoms. The van der Waals surface area contributed by atoms with E-state index in [1.807, 2.05) is 0 Å². The van der Waals surface area contributed by atoms with E-state index in [4.69, 9.17) is 21.5 Å². The second-order valence-corrected chi connectivity index (χ2v) is 7.79. The predicted octanol–water partition coefficient (Wildman–Crippen LogP) is 1.95. The summed E-state index contributed by atoms with van der Waals surface area (Å²) in [6.07, 6.45) is 0.590. The summed E-state index contributed by atoms with van der Waals surface area (Å²) in [5.41, 5.74) is 1.78. The number of hydrogen-bond donors (Lipinski definition) is 1. The Balaban J connectivity index is 1.70. The molecular formula is C17H17ClN2O4S. The molecule has 0 aliphatic carbocycles. The van der Waals surface area contributed by atoms with Crippen LogP contribution in [0.25, 0.3) is 0 Å². The maximum Gasteiger partial charge on any atom is 0.260 e. The maximum atomic E-state index is 12.2. The highest BCUT2D eigenvalue weighted by molar-refractivity contribution is 7.89. The second-order valence-electron chi connectivity index (χ2n) is 5.79. The number of ether oxygens (including phenoxy) is 1. The summed E-state index contributed by atoms with van der Waals surface area (Å²) in [5.74, 6) is 0.561. The molecule has 1 aliphatic rings. The van der Waals surface area contributed by atoms with Gasteiger partial charge in [0, 0.05) is 23.7 Å². The van der Waals surface area contributed by atoms with Crippen molar-refractivity contribution >= 4 is 27.5 Å². The van der Waals surface area contributed by atoms with Gasteiger partial charge in [0.15, 0.2) is 6.61 Å². The number of nitrogens with zero attached hydrogens (tertiary/aromatic N) is 1. The molecule has 25 heavy (non-hydrogen) atoms. The lowest BCUT2D eigenvalue weighted by Gasteiger charge is -2.20. The number of sulfonamides is 1. The molecule has 6 nitrogen and oxygen atoms in total. The van der Waals surface area contributed by atoms with Gasteiger partial charge in [-0.2, -0.15) is 0 Å². The minimum atomic E-state index is -3.70. The Morgan fingerprint density at radius 1 is 1.16 bits per heavy atom. The molecule has 0 saturated heterocycles. The molecule has 0 bridgehead atoms. The highest BCUT2D eigenvalue weighted by Crippen LogP contribution is 2.26. The van der Waals surface area contributed by atoms with Crippen LogP contribution in [-0.2, 0) is 27.8 Å². The molecule has 0 saturated carbocycles. The van der Waals surface area contributed by atoms with Crippen LogP contribution < -0.4 is 9.88 Å². The zero-order chi connectivity index (χ0) is 18.0. The standard InChI is InChI=1S/C17H17ClN2O4S/c18-14-3-6-16-13(9-14)10-20(17(21)11-24-16)8-7-12-1-4-15(5-2-12)25(19,22)23/h1-6,9H,7-8,10-11H2,(H2,19,22,23). The summed E-state index contributed by atoms with van der Waals surface area (Å²) in [6.45, 7) is 0.895. The summed E-state index contributed by atoms with van der Waals surface area (Å²) < 4.78 is 28.1. The van der Waals surface area contributed by atoms with Crippen LogP contribution in [0, 0.1) is 0 Å². The molecule has 3 rings (SSSR count). The van der Waals surface area contributed by atoms with Crippen molar-refractivity contribution in [3.8, 4) is 5.75 Å². The lowest BCUT2D eigenvalue weighted by Crippen LogP contribution is -2.34. The van der Waals surface area contributed by atoms with Gasteiger partial charge in [-0.25, -0.2) is 13.6 Å². The van der Waals surface area contributed by atoms with Crippen LogP contribution in [0.1, 0.15) is 11.1 Å². The number of benzene rings is 2. The number of amides is 1. The van der Waals surface area contributed by atoms with Crippen molar-refractivity contribution in [2.24, 2.45) is 5.14 Å². The van der Waals surface area contributed by atoms with Gasteiger partial charge in [0.1, 0.15) is 5.75 Å². The largest absolute Gasteiger partial charge is 0.483 e. The van der Waals surface area contributed by atoms with Crippen LogP contribution in [0.3, 0.4) is 0 Å². The molecule has 0 radical (unpaired) electrons. The first-order chi connectivity index (χ1) is 11.8. The van der Waals surface area contributed by atoms with Gasteiger partial charge >= 0.3 is 0 Å². The fourth-order valence-electron chi connectivity index (χ4n) is 2.65. The first-order valence-corrected chi connectivity index (χ1v) is 9.56. The molecule has 8 heteroatoms. The molecular weight excluding hydrogens is 364 g/mol. The fourth-order valence-corrected chi connectivity index (χ4v) is 3.36. The van der Waals surface area contributed by atoms with E-state index in [2.05, 4.69) is 0 Å². The number of carbonyl (C=O) groups is 1. The third kappa shape index (κ3) is 4.31. The van der Waals surface area contributed by atoms with E-state index in [0.717, 1.165) is 11.1 Å². The Hall–Kier alpha value is -2.09. The van der Waals surface area contributed by atoms with E-state index in [0.29, 0.717) is 30.3 Å². The zero-order valence-electron chi connectivity index (χ0n) is 13.3. The summed E-state index contributed by atoms with van der Waals surface area (Å²) in [7, 11) is -3.70. The van der Waals surface area contributed by atoms with Gasteiger partial charge < -0.3 is 9.64 Å². The summed E-state index contributed by atoms with van der Waals surface area (Å²) >= 11 is 6.02. The lowest BCUT2D eigenvalue weighted by molar-refractivity contribution is -0.133. The van der Waals surface area contributed by atoms with Crippen LogP contribution in [0.4, 0.5) is 0 Å². The SMILES string of the molecule is NS(=O)(=O)c1ccc(CCN2Cc3cc(Cl)ccc3OCC2=O)cc1. The van der Waals surface area contributed by atoms with Crippen LogP contribution in [0.2, 0.25) is 5.02 Å². The topological polar surface area (TPSA) is 89.7 Å². The molecule has 132 valence electrons. The smallest absolute Gasteiger partial charge is 0.260 e. The average molecular weight is 381 g/mol. The summed E-state index contributed by atoms with van der Waals surface area (Å²) in [5, 5.41) is 5.68. The van der Waals surface area contributed by atoms with Crippen molar-refractivity contribution < 1.29 is 17.9 Å². The van der Waals surface area contributed by atoms with Gasteiger partial charge in [-0.15, -0.1) is 0 Å². The summed E-state index contributed by atoms with van der Waals surface area (Å²) in [4.78, 5) is 14.0. The molecule has 0 unspecified atom stereocenters. The van der Waals surface area contributed by atoms with Crippen molar-refractivity contribution in [2.45, 2.75) is 17.9 Å². The molecule has 2 aromatic carbocycles. The Labute approximate surface area is 151 Å². The molecule has 0 aromatic heterocycles. The number of hydrogen-bond acceptors (Lipinski definition) is 4. The number of halogens is 1. The van der Waals surface area contributed by atoms with Gasteiger partial charge in [-0.05, 0) is 42.3 Å². The van der Waals surface area contributed by atoms with Gasteiger partial charge in [0.05, 0.1) is 4.90 Å². The van der Waals surface area contributed by atoms with Crippen LogP contribution in [0.5, 0.6) is 5.75 Å². The van der Waals surface area contributed by atoms with Gasteiger partial charge in [-0.1, -0.05) is 23.7 Å². The van der Waals surface area contributed by atoms with Crippen molar-refractivity contribution in [3.05, 3.63) is 58.6 Å². The van der Waals surface area contributed by atoms with Gasteiger partial charge in [0.2, 0.25) is 10.0 Å². The van der Waals surface area contributed by atoms with Crippen molar-refractivity contribution in [1.29, 1.82) is 0 Å². The lowest BCUT2D eigenvalue weighted by atomic mass is 10.1. The number of primary sulfonamides is 1. The normalized spacial score (nSPS) is 14.6. The number of nitrogens with two attached hydrogens (primary N) is 1. The highest BCUT2D eigenvalue weighted by Gasteiger charge is 2.21. The molecule has 2 aromatic rings. The maximum absolute atomic E-state index is 12.2.